The van der Waals surface area contributed by atoms with Gasteiger partial charge in [0.1, 0.15) is 23.2 Å². The van der Waals surface area contributed by atoms with Crippen molar-refractivity contribution in [1.29, 1.82) is 5.26 Å². The topological polar surface area (TPSA) is 98.2 Å². The minimum Gasteiger partial charge on any atom is -0.463 e. The Kier molecular flexibility index (Phi) is 5.41. The Morgan fingerprint density at radius 3 is 2.68 bits per heavy atom. The van der Waals surface area contributed by atoms with Crippen molar-refractivity contribution in [3.8, 4) is 17.2 Å². The first-order valence-electron chi connectivity index (χ1n) is 8.62. The van der Waals surface area contributed by atoms with Gasteiger partial charge in [0.25, 0.3) is 0 Å². The molecule has 0 saturated heterocycles. The Bertz CT molecular complexity index is 1020. The summed E-state index contributed by atoms with van der Waals surface area (Å²) in [6.07, 6.45) is 3.18. The average Bonchev–Trinajstić information content (AvgIpc) is 2.68. The molecule has 7 heteroatoms. The van der Waals surface area contributed by atoms with Crippen molar-refractivity contribution in [3.63, 3.8) is 0 Å². The number of nitrogens with two attached hydrogens (primary N) is 1. The summed E-state index contributed by atoms with van der Waals surface area (Å²) in [7, 11) is 0. The number of carbonyl (C=O) groups is 1. The molecule has 0 radical (unpaired) electrons. The second-order valence-electron chi connectivity index (χ2n) is 6.13. The first-order chi connectivity index (χ1) is 13.5. The van der Waals surface area contributed by atoms with E-state index in [4.69, 9.17) is 15.2 Å². The fourth-order valence-corrected chi connectivity index (χ4v) is 3.10. The van der Waals surface area contributed by atoms with Crippen molar-refractivity contribution < 1.29 is 18.7 Å². The van der Waals surface area contributed by atoms with Crippen LogP contribution in [-0.2, 0) is 14.3 Å². The number of hydrogen-bond donors (Lipinski definition) is 1. The van der Waals surface area contributed by atoms with E-state index in [9.17, 15) is 14.4 Å². The van der Waals surface area contributed by atoms with Crippen LogP contribution in [0, 0.1) is 17.1 Å². The van der Waals surface area contributed by atoms with Gasteiger partial charge in [0.15, 0.2) is 0 Å². The van der Waals surface area contributed by atoms with E-state index in [1.807, 2.05) is 6.07 Å². The van der Waals surface area contributed by atoms with Gasteiger partial charge in [-0.15, -0.1) is 0 Å². The van der Waals surface area contributed by atoms with Crippen LogP contribution in [0.25, 0.3) is 11.1 Å². The summed E-state index contributed by atoms with van der Waals surface area (Å²) in [5.74, 6) is -1.50. The molecule has 3 rings (SSSR count). The molecule has 0 fully saturated rings. The van der Waals surface area contributed by atoms with Crippen LogP contribution in [0.5, 0.6) is 0 Å². The van der Waals surface area contributed by atoms with Crippen molar-refractivity contribution in [3.05, 3.63) is 76.9 Å². The predicted octanol–water partition coefficient (Wildman–Crippen LogP) is 3.53. The average molecular weight is 379 g/mol. The second kappa shape index (κ2) is 7.92. The molecule has 2 N–H and O–H groups in total. The highest BCUT2D eigenvalue weighted by atomic mass is 19.1. The van der Waals surface area contributed by atoms with Gasteiger partial charge < -0.3 is 15.2 Å². The molecule has 0 unspecified atom stereocenters. The number of esters is 1. The standard InChI is InChI=1S/C21H18FN3O3/c1-3-27-21(26)18-12(2)28-20(24)17(9-23)19(18)15-8-14(10-25-11-15)13-4-6-16(22)7-5-13/h4-8,10-11,19H,3,24H2,1-2H3/t19-/m0/s1. The molecule has 2 heterocycles. The summed E-state index contributed by atoms with van der Waals surface area (Å²) >= 11 is 0. The number of benzene rings is 1. The van der Waals surface area contributed by atoms with E-state index in [0.717, 1.165) is 5.56 Å². The number of nitrogens with zero attached hydrogens (tertiary/aromatic N) is 2. The van der Waals surface area contributed by atoms with Gasteiger partial charge in [0, 0.05) is 18.0 Å². The van der Waals surface area contributed by atoms with Gasteiger partial charge in [-0.05, 0) is 43.2 Å². The monoisotopic (exact) mass is 379 g/mol. The van der Waals surface area contributed by atoms with E-state index in [1.54, 1.807) is 44.4 Å². The first-order valence-corrected chi connectivity index (χ1v) is 8.62. The van der Waals surface area contributed by atoms with E-state index in [0.29, 0.717) is 11.1 Å². The molecule has 0 amide bonds. The molecule has 142 valence electrons. The Morgan fingerprint density at radius 2 is 2.04 bits per heavy atom. The number of hydrogen-bond acceptors (Lipinski definition) is 6. The van der Waals surface area contributed by atoms with Gasteiger partial charge in [-0.25, -0.2) is 9.18 Å². The molecule has 28 heavy (non-hydrogen) atoms. The van der Waals surface area contributed by atoms with Crippen LogP contribution in [0.4, 0.5) is 4.39 Å². The molecule has 0 aliphatic carbocycles. The summed E-state index contributed by atoms with van der Waals surface area (Å²) in [5, 5.41) is 9.62. The number of carbonyl (C=O) groups excluding carboxylic acids is 1. The van der Waals surface area contributed by atoms with Crippen LogP contribution in [-0.4, -0.2) is 17.6 Å². The Hall–Kier alpha value is -3.66. The van der Waals surface area contributed by atoms with E-state index in [2.05, 4.69) is 4.98 Å². The van der Waals surface area contributed by atoms with E-state index in [-0.39, 0.29) is 35.2 Å². The van der Waals surface area contributed by atoms with E-state index >= 15 is 0 Å². The van der Waals surface area contributed by atoms with Crippen LogP contribution < -0.4 is 5.73 Å². The normalized spacial score (nSPS) is 16.4. The molecule has 6 nitrogen and oxygen atoms in total. The summed E-state index contributed by atoms with van der Waals surface area (Å²) in [6.45, 7) is 3.47. The number of nitriles is 1. The maximum Gasteiger partial charge on any atom is 0.338 e. The van der Waals surface area contributed by atoms with E-state index in [1.165, 1.54) is 12.1 Å². The molecule has 1 aromatic carbocycles. The highest BCUT2D eigenvalue weighted by molar-refractivity contribution is 5.92. The van der Waals surface area contributed by atoms with Crippen molar-refractivity contribution in [2.75, 3.05) is 6.61 Å². The Labute approximate surface area is 161 Å². The van der Waals surface area contributed by atoms with Crippen molar-refractivity contribution >= 4 is 5.97 Å². The summed E-state index contributed by atoms with van der Waals surface area (Å²) in [6, 6.07) is 9.77. The van der Waals surface area contributed by atoms with Crippen molar-refractivity contribution in [2.24, 2.45) is 5.73 Å². The molecule has 1 aliphatic rings. The minimum atomic E-state index is -0.773. The molecular weight excluding hydrogens is 361 g/mol. The zero-order valence-corrected chi connectivity index (χ0v) is 15.4. The predicted molar refractivity (Wildman–Crippen MR) is 99.6 cm³/mol. The van der Waals surface area contributed by atoms with Crippen molar-refractivity contribution in [1.82, 2.24) is 4.98 Å². The third-order valence-corrected chi connectivity index (χ3v) is 4.37. The molecule has 1 atom stereocenters. The second-order valence-corrected chi connectivity index (χ2v) is 6.13. The van der Waals surface area contributed by atoms with Crippen molar-refractivity contribution in [2.45, 2.75) is 19.8 Å². The van der Waals surface area contributed by atoms with Gasteiger partial charge in [0.05, 0.1) is 18.1 Å². The summed E-state index contributed by atoms with van der Waals surface area (Å²) < 4.78 is 23.8. The molecular formula is C21H18FN3O3. The summed E-state index contributed by atoms with van der Waals surface area (Å²) in [4.78, 5) is 16.8. The number of ether oxygens (including phenoxy) is 2. The Balaban J connectivity index is 2.13. The number of halogens is 1. The van der Waals surface area contributed by atoms with Gasteiger partial charge in [-0.2, -0.15) is 5.26 Å². The van der Waals surface area contributed by atoms with Crippen LogP contribution in [0.1, 0.15) is 25.3 Å². The van der Waals surface area contributed by atoms with Gasteiger partial charge in [-0.1, -0.05) is 12.1 Å². The van der Waals surface area contributed by atoms with Crippen LogP contribution >= 0.6 is 0 Å². The van der Waals surface area contributed by atoms with Crippen LogP contribution in [0.15, 0.2) is 65.5 Å². The third-order valence-electron chi connectivity index (χ3n) is 4.37. The fourth-order valence-electron chi connectivity index (χ4n) is 3.10. The van der Waals surface area contributed by atoms with Crippen LogP contribution in [0.3, 0.4) is 0 Å². The molecule has 1 aliphatic heterocycles. The highest BCUT2D eigenvalue weighted by Gasteiger charge is 2.36. The lowest BCUT2D eigenvalue weighted by atomic mass is 9.83. The van der Waals surface area contributed by atoms with Gasteiger partial charge in [0.2, 0.25) is 5.88 Å². The largest absolute Gasteiger partial charge is 0.463 e. The highest BCUT2D eigenvalue weighted by Crippen LogP contribution is 2.40. The molecule has 0 bridgehead atoms. The smallest absolute Gasteiger partial charge is 0.338 e. The lowest BCUT2D eigenvalue weighted by molar-refractivity contribution is -0.139. The zero-order valence-electron chi connectivity index (χ0n) is 15.4. The third kappa shape index (κ3) is 3.58. The summed E-state index contributed by atoms with van der Waals surface area (Å²) in [5.41, 5.74) is 8.23. The molecule has 2 aromatic rings. The number of pyridine rings is 1. The van der Waals surface area contributed by atoms with E-state index < -0.39 is 11.9 Å². The Morgan fingerprint density at radius 1 is 1.32 bits per heavy atom. The maximum atomic E-state index is 13.2. The first kappa shape index (κ1) is 19.1. The quantitative estimate of drug-likeness (QED) is 0.816. The minimum absolute atomic E-state index is 0.0646. The number of allylic oxidation sites excluding steroid dienone is 2. The van der Waals surface area contributed by atoms with Crippen LogP contribution in [0.2, 0.25) is 0 Å². The lowest BCUT2D eigenvalue weighted by Gasteiger charge is -2.26. The number of rotatable bonds is 4. The SMILES string of the molecule is CCOC(=O)C1=C(C)OC(N)=C(C#N)[C@@H]1c1cncc(-c2ccc(F)cc2)c1. The van der Waals surface area contributed by atoms with Gasteiger partial charge >= 0.3 is 5.97 Å². The zero-order chi connectivity index (χ0) is 20.3. The molecule has 0 saturated carbocycles. The molecule has 1 aromatic heterocycles. The maximum absolute atomic E-state index is 13.2. The lowest BCUT2D eigenvalue weighted by Crippen LogP contribution is -2.25. The molecule has 0 spiro atoms. The fraction of sp³-hybridized carbons (Fsp3) is 0.190. The number of aromatic nitrogens is 1. The van der Waals surface area contributed by atoms with Gasteiger partial charge in [-0.3, -0.25) is 4.98 Å².